The number of pyridine rings is 1. The molecule has 1 rings (SSSR count). The van der Waals surface area contributed by atoms with E-state index >= 15 is 0 Å². The molecule has 0 aromatic carbocycles. The average Bonchev–Trinajstić information content (AvgIpc) is 2.41. The van der Waals surface area contributed by atoms with Crippen LogP contribution >= 0.6 is 0 Å². The average molecular weight is 263 g/mol. The summed E-state index contributed by atoms with van der Waals surface area (Å²) in [7, 11) is 2.22. The van der Waals surface area contributed by atoms with Crippen LogP contribution in [0.25, 0.3) is 0 Å². The molecule has 0 aliphatic carbocycles. The van der Waals surface area contributed by atoms with E-state index in [9.17, 15) is 0 Å². The Morgan fingerprint density at radius 3 is 2.53 bits per heavy atom. The van der Waals surface area contributed by atoms with Crippen LogP contribution in [0.4, 0.5) is 0 Å². The summed E-state index contributed by atoms with van der Waals surface area (Å²) < 4.78 is 0. The second-order valence-corrected chi connectivity index (χ2v) is 5.82. The molecule has 0 aliphatic heterocycles. The molecule has 0 radical (unpaired) electrons. The van der Waals surface area contributed by atoms with Crippen molar-refractivity contribution in [1.29, 1.82) is 0 Å². The van der Waals surface area contributed by atoms with Crippen LogP contribution in [0.5, 0.6) is 0 Å². The normalized spacial score (nSPS) is 13.2. The van der Waals surface area contributed by atoms with Gasteiger partial charge in [0.25, 0.3) is 0 Å². The molecule has 0 fully saturated rings. The summed E-state index contributed by atoms with van der Waals surface area (Å²) in [5.74, 6) is 0.736. The van der Waals surface area contributed by atoms with Gasteiger partial charge in [0.2, 0.25) is 0 Å². The summed E-state index contributed by atoms with van der Waals surface area (Å²) in [6.45, 7) is 10.1. The Morgan fingerprint density at radius 1 is 1.21 bits per heavy atom. The molecular formula is C16H29N3. The van der Waals surface area contributed by atoms with Crippen LogP contribution in [-0.2, 0) is 6.42 Å². The molecular weight excluding hydrogens is 234 g/mol. The third-order valence-electron chi connectivity index (χ3n) is 3.55. The number of likely N-dealkylation sites (N-methyl/N-ethyl adjacent to an activating group) is 1. The molecule has 3 heteroatoms. The molecule has 108 valence electrons. The largest absolute Gasteiger partial charge is 0.316 e. The third-order valence-corrected chi connectivity index (χ3v) is 3.55. The van der Waals surface area contributed by atoms with Crippen LogP contribution in [0.1, 0.15) is 32.8 Å². The third kappa shape index (κ3) is 7.28. The van der Waals surface area contributed by atoms with E-state index in [1.807, 2.05) is 12.4 Å². The first-order valence-electron chi connectivity index (χ1n) is 7.39. The summed E-state index contributed by atoms with van der Waals surface area (Å²) in [4.78, 5) is 6.49. The molecule has 3 nitrogen and oxygen atoms in total. The van der Waals surface area contributed by atoms with Gasteiger partial charge in [0.05, 0.1) is 0 Å². The Morgan fingerprint density at radius 2 is 1.89 bits per heavy atom. The molecule has 1 unspecified atom stereocenters. The van der Waals surface area contributed by atoms with E-state index in [0.717, 1.165) is 32.0 Å². The fourth-order valence-electron chi connectivity index (χ4n) is 2.00. The monoisotopic (exact) mass is 263 g/mol. The number of nitrogens with zero attached hydrogens (tertiary/aromatic N) is 2. The minimum absolute atomic E-state index is 0.626. The zero-order valence-corrected chi connectivity index (χ0v) is 12.9. The Hall–Kier alpha value is -0.930. The van der Waals surface area contributed by atoms with Crippen molar-refractivity contribution in [3.8, 4) is 0 Å². The standard InChI is InChI=1S/C16H29N3/c1-14(2)13-18-9-5-15(3)19(4)12-8-16-6-10-17-11-7-16/h6-7,10-11,14-15,18H,5,8-9,12-13H2,1-4H3. The maximum absolute atomic E-state index is 4.05. The van der Waals surface area contributed by atoms with Crippen LogP contribution in [0.3, 0.4) is 0 Å². The molecule has 0 aliphatic rings. The van der Waals surface area contributed by atoms with Gasteiger partial charge >= 0.3 is 0 Å². The first-order valence-corrected chi connectivity index (χ1v) is 7.39. The van der Waals surface area contributed by atoms with E-state index in [1.165, 1.54) is 12.0 Å². The number of nitrogens with one attached hydrogen (secondary N) is 1. The Labute approximate surface area is 118 Å². The summed E-state index contributed by atoms with van der Waals surface area (Å²) in [5, 5.41) is 3.51. The molecule has 1 atom stereocenters. The SMILES string of the molecule is CC(C)CNCCC(C)N(C)CCc1ccncc1. The highest BCUT2D eigenvalue weighted by Crippen LogP contribution is 2.04. The predicted molar refractivity (Wildman–Crippen MR) is 82.4 cm³/mol. The van der Waals surface area contributed by atoms with Gasteiger partial charge in [-0.3, -0.25) is 4.98 Å². The van der Waals surface area contributed by atoms with E-state index in [-0.39, 0.29) is 0 Å². The summed E-state index contributed by atoms with van der Waals surface area (Å²) in [6.07, 6.45) is 6.05. The van der Waals surface area contributed by atoms with E-state index in [0.29, 0.717) is 6.04 Å². The first kappa shape index (κ1) is 16.1. The van der Waals surface area contributed by atoms with Gasteiger partial charge < -0.3 is 10.2 Å². The summed E-state index contributed by atoms with van der Waals surface area (Å²) >= 11 is 0. The molecule has 1 aromatic rings. The lowest BCUT2D eigenvalue weighted by Gasteiger charge is -2.25. The van der Waals surface area contributed by atoms with Crippen molar-refractivity contribution in [2.45, 2.75) is 39.7 Å². The van der Waals surface area contributed by atoms with Crippen molar-refractivity contribution in [2.24, 2.45) is 5.92 Å². The molecule has 0 bridgehead atoms. The number of hydrogen-bond donors (Lipinski definition) is 1. The minimum Gasteiger partial charge on any atom is -0.316 e. The van der Waals surface area contributed by atoms with Gasteiger partial charge in [0.1, 0.15) is 0 Å². The maximum atomic E-state index is 4.05. The zero-order valence-electron chi connectivity index (χ0n) is 12.9. The first-order chi connectivity index (χ1) is 9.09. The topological polar surface area (TPSA) is 28.2 Å². The molecule has 1 aromatic heterocycles. The zero-order chi connectivity index (χ0) is 14.1. The van der Waals surface area contributed by atoms with E-state index in [2.05, 4.69) is 55.2 Å². The van der Waals surface area contributed by atoms with Gasteiger partial charge in [-0.1, -0.05) is 13.8 Å². The van der Waals surface area contributed by atoms with Crippen LogP contribution in [0.15, 0.2) is 24.5 Å². The van der Waals surface area contributed by atoms with E-state index < -0.39 is 0 Å². The van der Waals surface area contributed by atoms with E-state index in [4.69, 9.17) is 0 Å². The second kappa shape index (κ2) is 9.05. The van der Waals surface area contributed by atoms with E-state index in [1.54, 1.807) is 0 Å². The van der Waals surface area contributed by atoms with Crippen LogP contribution in [-0.4, -0.2) is 42.6 Å². The minimum atomic E-state index is 0.626. The highest BCUT2D eigenvalue weighted by Gasteiger charge is 2.08. The maximum Gasteiger partial charge on any atom is 0.0270 e. The Kier molecular flexibility index (Phi) is 7.68. The summed E-state index contributed by atoms with van der Waals surface area (Å²) in [5.41, 5.74) is 1.37. The number of rotatable bonds is 9. The molecule has 0 amide bonds. The highest BCUT2D eigenvalue weighted by atomic mass is 15.1. The van der Waals surface area contributed by atoms with Crippen molar-refractivity contribution in [3.05, 3.63) is 30.1 Å². The fraction of sp³-hybridized carbons (Fsp3) is 0.688. The lowest BCUT2D eigenvalue weighted by Crippen LogP contribution is -2.34. The van der Waals surface area contributed by atoms with Crippen LogP contribution in [0.2, 0.25) is 0 Å². The summed E-state index contributed by atoms with van der Waals surface area (Å²) in [6, 6.07) is 4.83. The Balaban J connectivity index is 2.16. The predicted octanol–water partition coefficient (Wildman–Crippen LogP) is 2.58. The van der Waals surface area contributed by atoms with Gasteiger partial charge in [0.15, 0.2) is 0 Å². The van der Waals surface area contributed by atoms with Crippen molar-refractivity contribution in [2.75, 3.05) is 26.7 Å². The fourth-order valence-corrected chi connectivity index (χ4v) is 2.00. The van der Waals surface area contributed by atoms with Gasteiger partial charge in [-0.15, -0.1) is 0 Å². The molecule has 1 N–H and O–H groups in total. The second-order valence-electron chi connectivity index (χ2n) is 5.82. The molecule has 19 heavy (non-hydrogen) atoms. The van der Waals surface area contributed by atoms with Crippen molar-refractivity contribution >= 4 is 0 Å². The van der Waals surface area contributed by atoms with Gasteiger partial charge in [0, 0.05) is 25.0 Å². The molecule has 1 heterocycles. The number of hydrogen-bond acceptors (Lipinski definition) is 3. The van der Waals surface area contributed by atoms with Crippen LogP contribution in [0, 0.1) is 5.92 Å². The lowest BCUT2D eigenvalue weighted by atomic mass is 10.1. The van der Waals surface area contributed by atoms with Gasteiger partial charge in [-0.2, -0.15) is 0 Å². The molecule has 0 saturated heterocycles. The smallest absolute Gasteiger partial charge is 0.0270 e. The lowest BCUT2D eigenvalue weighted by molar-refractivity contribution is 0.247. The van der Waals surface area contributed by atoms with Crippen LogP contribution < -0.4 is 5.32 Å². The van der Waals surface area contributed by atoms with Crippen molar-refractivity contribution < 1.29 is 0 Å². The van der Waals surface area contributed by atoms with Gasteiger partial charge in [-0.25, -0.2) is 0 Å². The molecule has 0 saturated carbocycles. The van der Waals surface area contributed by atoms with Gasteiger partial charge in [-0.05, 0) is 63.5 Å². The van der Waals surface area contributed by atoms with Crippen molar-refractivity contribution in [1.82, 2.24) is 15.2 Å². The highest BCUT2D eigenvalue weighted by molar-refractivity contribution is 5.09. The van der Waals surface area contributed by atoms with Crippen molar-refractivity contribution in [3.63, 3.8) is 0 Å². The molecule has 0 spiro atoms. The number of aromatic nitrogens is 1. The Bertz CT molecular complexity index is 324. The quantitative estimate of drug-likeness (QED) is 0.694.